The highest BCUT2D eigenvalue weighted by Crippen LogP contribution is 2.48. The number of aryl methyl sites for hydroxylation is 1. The number of hydrogen-bond donors (Lipinski definition) is 0. The van der Waals surface area contributed by atoms with Crippen LogP contribution in [0.15, 0.2) is 180 Å². The lowest BCUT2D eigenvalue weighted by Gasteiger charge is -2.15. The molecule has 270 valence electrons. The van der Waals surface area contributed by atoms with Crippen molar-refractivity contribution in [2.45, 2.75) is 6.92 Å². The molecular formula is C53H32N4O. The number of rotatable bonds is 3. The Morgan fingerprint density at radius 2 is 1.19 bits per heavy atom. The molecule has 0 unspecified atom stereocenters. The first-order valence-corrected chi connectivity index (χ1v) is 19.7. The smallest absolute Gasteiger partial charge is 0.165 e. The minimum Gasteiger partial charge on any atom is -0.454 e. The topological polar surface area (TPSA) is 48.8 Å². The van der Waals surface area contributed by atoms with E-state index in [0.29, 0.717) is 0 Å². The van der Waals surface area contributed by atoms with Crippen LogP contribution in [0.5, 0.6) is 0 Å². The Labute approximate surface area is 331 Å². The van der Waals surface area contributed by atoms with Gasteiger partial charge in [0.25, 0.3) is 0 Å². The van der Waals surface area contributed by atoms with Crippen LogP contribution >= 0.6 is 0 Å². The van der Waals surface area contributed by atoms with E-state index in [4.69, 9.17) is 14.4 Å². The molecule has 0 aliphatic rings. The Kier molecular flexibility index (Phi) is 6.31. The standard InChI is InChI=1S/C53H32N4O/c1-31-18-23-36(24-19-31)56-29-28-34-30-35(21-26-43(34)56)49-53(55-50-38-13-5-3-11-33(38)20-25-42(50)54-49)57-44-17-9-8-16-41(44)46-39-14-6-7-15-40(39)48-47-37-12-4-2-10-32(37)22-27-45(47)58-52(48)51(46)57/h2-30H,1H3. The van der Waals surface area contributed by atoms with Gasteiger partial charge in [-0.3, -0.25) is 4.57 Å². The van der Waals surface area contributed by atoms with Gasteiger partial charge in [0.2, 0.25) is 0 Å². The predicted octanol–water partition coefficient (Wildman–Crippen LogP) is 14.0. The normalized spacial score (nSPS) is 12.2. The molecule has 0 saturated heterocycles. The van der Waals surface area contributed by atoms with Crippen molar-refractivity contribution in [3.05, 3.63) is 182 Å². The lowest BCUT2D eigenvalue weighted by atomic mass is 9.96. The highest BCUT2D eigenvalue weighted by Gasteiger charge is 2.26. The van der Waals surface area contributed by atoms with Crippen molar-refractivity contribution in [1.82, 2.24) is 19.1 Å². The lowest BCUT2D eigenvalue weighted by molar-refractivity contribution is 0.671. The summed E-state index contributed by atoms with van der Waals surface area (Å²) in [6.45, 7) is 2.12. The van der Waals surface area contributed by atoms with Gasteiger partial charge < -0.3 is 8.98 Å². The molecule has 4 aromatic heterocycles. The maximum absolute atomic E-state index is 7.11. The van der Waals surface area contributed by atoms with Crippen molar-refractivity contribution in [3.63, 3.8) is 0 Å². The Hall–Kier alpha value is -7.76. The molecule has 0 N–H and O–H groups in total. The van der Waals surface area contributed by atoms with Crippen molar-refractivity contribution in [3.8, 4) is 22.8 Å². The molecule has 0 spiro atoms. The third-order valence-corrected chi connectivity index (χ3v) is 12.2. The molecule has 0 amide bonds. The van der Waals surface area contributed by atoms with Crippen LogP contribution in [0.3, 0.4) is 0 Å². The van der Waals surface area contributed by atoms with Crippen LogP contribution in [0.25, 0.3) is 121 Å². The number of nitrogens with zero attached hydrogens (tertiary/aromatic N) is 4. The monoisotopic (exact) mass is 740 g/mol. The zero-order chi connectivity index (χ0) is 38.1. The fraction of sp³-hybridized carbons (Fsp3) is 0.0189. The number of furan rings is 1. The van der Waals surface area contributed by atoms with Gasteiger partial charge in [0.15, 0.2) is 11.4 Å². The zero-order valence-corrected chi connectivity index (χ0v) is 31.4. The summed E-state index contributed by atoms with van der Waals surface area (Å²) in [6, 6.07) is 60.6. The molecule has 13 rings (SSSR count). The van der Waals surface area contributed by atoms with Gasteiger partial charge in [-0.2, -0.15) is 0 Å². The first-order chi connectivity index (χ1) is 28.7. The van der Waals surface area contributed by atoms with Crippen molar-refractivity contribution < 1.29 is 4.42 Å². The number of para-hydroxylation sites is 1. The minimum absolute atomic E-state index is 0.759. The molecule has 13 aromatic rings. The molecule has 0 saturated carbocycles. The zero-order valence-electron chi connectivity index (χ0n) is 31.4. The Morgan fingerprint density at radius 3 is 2.02 bits per heavy atom. The van der Waals surface area contributed by atoms with E-state index < -0.39 is 0 Å². The number of benzene rings is 9. The average molecular weight is 741 g/mol. The molecule has 9 aromatic carbocycles. The van der Waals surface area contributed by atoms with E-state index in [1.807, 2.05) is 0 Å². The highest BCUT2D eigenvalue weighted by atomic mass is 16.3. The molecule has 0 aliphatic heterocycles. The van der Waals surface area contributed by atoms with Gasteiger partial charge in [0, 0.05) is 49.8 Å². The molecule has 0 bridgehead atoms. The summed E-state index contributed by atoms with van der Waals surface area (Å²) in [6.07, 6.45) is 2.15. The summed E-state index contributed by atoms with van der Waals surface area (Å²) in [4.78, 5) is 11.3. The molecule has 0 radical (unpaired) electrons. The second-order valence-electron chi connectivity index (χ2n) is 15.4. The van der Waals surface area contributed by atoms with Gasteiger partial charge in [-0.05, 0) is 82.4 Å². The lowest BCUT2D eigenvalue weighted by Crippen LogP contribution is -2.04. The Bertz CT molecular complexity index is 3870. The predicted molar refractivity (Wildman–Crippen MR) is 241 cm³/mol. The van der Waals surface area contributed by atoms with Crippen LogP contribution in [0, 0.1) is 6.92 Å². The van der Waals surface area contributed by atoms with Crippen LogP contribution in [0.1, 0.15) is 5.56 Å². The first kappa shape index (κ1) is 31.4. The average Bonchev–Trinajstić information content (AvgIpc) is 3.99. The van der Waals surface area contributed by atoms with E-state index in [1.165, 1.54) is 27.1 Å². The number of fused-ring (bicyclic) bond motifs is 16. The van der Waals surface area contributed by atoms with E-state index in [9.17, 15) is 0 Å². The SMILES string of the molecule is Cc1ccc(-n2ccc3cc(-c4nc5ccc6ccccc6c5nc4-n4c5ccccc5c5c6ccccc6c6c(oc7ccc8ccccc8c76)c54)ccc32)cc1. The molecule has 58 heavy (non-hydrogen) atoms. The maximum Gasteiger partial charge on any atom is 0.165 e. The van der Waals surface area contributed by atoms with E-state index in [1.54, 1.807) is 0 Å². The van der Waals surface area contributed by atoms with Crippen LogP contribution in [-0.2, 0) is 0 Å². The molecule has 0 atom stereocenters. The second-order valence-corrected chi connectivity index (χ2v) is 15.4. The third-order valence-electron chi connectivity index (χ3n) is 12.2. The van der Waals surface area contributed by atoms with Crippen molar-refractivity contribution in [2.75, 3.05) is 0 Å². The molecule has 0 aliphatic carbocycles. The summed E-state index contributed by atoms with van der Waals surface area (Å²) in [7, 11) is 0. The van der Waals surface area contributed by atoms with E-state index >= 15 is 0 Å². The largest absolute Gasteiger partial charge is 0.454 e. The van der Waals surface area contributed by atoms with Crippen LogP contribution in [0.4, 0.5) is 0 Å². The Balaban J connectivity index is 1.20. The summed E-state index contributed by atoms with van der Waals surface area (Å²) in [5, 5.41) is 12.5. The van der Waals surface area contributed by atoms with Crippen molar-refractivity contribution in [1.29, 1.82) is 0 Å². The quantitative estimate of drug-likeness (QED) is 0.170. The summed E-state index contributed by atoms with van der Waals surface area (Å²) < 4.78 is 11.7. The first-order valence-electron chi connectivity index (χ1n) is 19.7. The summed E-state index contributed by atoms with van der Waals surface area (Å²) in [5.41, 5.74) is 10.7. The van der Waals surface area contributed by atoms with Gasteiger partial charge in [-0.15, -0.1) is 0 Å². The Morgan fingerprint density at radius 1 is 0.500 bits per heavy atom. The van der Waals surface area contributed by atoms with Crippen LogP contribution < -0.4 is 0 Å². The number of aromatic nitrogens is 4. The minimum atomic E-state index is 0.759. The van der Waals surface area contributed by atoms with Gasteiger partial charge in [0.1, 0.15) is 11.3 Å². The summed E-state index contributed by atoms with van der Waals surface area (Å²) in [5.74, 6) is 0.759. The third kappa shape index (κ3) is 4.30. The summed E-state index contributed by atoms with van der Waals surface area (Å²) >= 11 is 0. The fourth-order valence-electron chi connectivity index (χ4n) is 9.51. The molecule has 5 heteroatoms. The second kappa shape index (κ2) is 11.6. The van der Waals surface area contributed by atoms with Crippen molar-refractivity contribution in [2.24, 2.45) is 0 Å². The van der Waals surface area contributed by atoms with E-state index in [2.05, 4.69) is 192 Å². The molecular weight excluding hydrogens is 709 g/mol. The van der Waals surface area contributed by atoms with Gasteiger partial charge in [-0.1, -0.05) is 127 Å². The van der Waals surface area contributed by atoms with Crippen LogP contribution in [0.2, 0.25) is 0 Å². The number of hydrogen-bond acceptors (Lipinski definition) is 3. The molecule has 4 heterocycles. The highest BCUT2D eigenvalue weighted by molar-refractivity contribution is 6.37. The van der Waals surface area contributed by atoms with E-state index in [-0.39, 0.29) is 0 Å². The van der Waals surface area contributed by atoms with Gasteiger partial charge in [-0.25, -0.2) is 9.97 Å². The fourth-order valence-corrected chi connectivity index (χ4v) is 9.51. The van der Waals surface area contributed by atoms with E-state index in [0.717, 1.165) is 99.2 Å². The van der Waals surface area contributed by atoms with Gasteiger partial charge >= 0.3 is 0 Å². The van der Waals surface area contributed by atoms with Gasteiger partial charge in [0.05, 0.1) is 27.6 Å². The van der Waals surface area contributed by atoms with Crippen LogP contribution in [-0.4, -0.2) is 19.1 Å². The van der Waals surface area contributed by atoms with Crippen molar-refractivity contribution >= 4 is 98.0 Å². The molecule has 0 fully saturated rings. The maximum atomic E-state index is 7.11. The molecule has 5 nitrogen and oxygen atoms in total.